The van der Waals surface area contributed by atoms with Gasteiger partial charge in [0.1, 0.15) is 11.5 Å². The second-order valence-corrected chi connectivity index (χ2v) is 7.69. The van der Waals surface area contributed by atoms with Crippen LogP contribution in [0, 0.1) is 0 Å². The summed E-state index contributed by atoms with van der Waals surface area (Å²) in [4.78, 5) is 29.3. The second kappa shape index (κ2) is 7.76. The topological polar surface area (TPSA) is 49.9 Å². The standard InChI is InChI=1S/C25H22N2O3/c28-24-16-23(26-15-14-18-6-4-5-7-19(18)17-26)25(29)27(24)20-10-12-22(13-11-20)30-21-8-2-1-3-9-21/h1-13,23H,14-17H2/t23-/m0/s1. The van der Waals surface area contributed by atoms with Crippen molar-refractivity contribution in [3.63, 3.8) is 0 Å². The Labute approximate surface area is 175 Å². The smallest absolute Gasteiger partial charge is 0.251 e. The molecule has 1 fully saturated rings. The third kappa shape index (κ3) is 3.48. The number of para-hydroxylation sites is 1. The minimum Gasteiger partial charge on any atom is -0.457 e. The number of carbonyl (C=O) groups is 2. The summed E-state index contributed by atoms with van der Waals surface area (Å²) in [6.45, 7) is 1.50. The molecule has 2 aliphatic rings. The van der Waals surface area contributed by atoms with Crippen molar-refractivity contribution in [2.75, 3.05) is 11.4 Å². The van der Waals surface area contributed by atoms with Crippen LogP contribution in [0.1, 0.15) is 17.5 Å². The Morgan fingerprint density at radius 3 is 2.20 bits per heavy atom. The molecular weight excluding hydrogens is 376 g/mol. The zero-order valence-electron chi connectivity index (χ0n) is 16.5. The number of anilines is 1. The molecule has 2 amide bonds. The van der Waals surface area contributed by atoms with E-state index in [1.807, 2.05) is 42.5 Å². The first-order valence-corrected chi connectivity index (χ1v) is 10.2. The van der Waals surface area contributed by atoms with Gasteiger partial charge in [0.2, 0.25) is 5.91 Å². The molecule has 0 N–H and O–H groups in total. The van der Waals surface area contributed by atoms with Crippen LogP contribution in [0.2, 0.25) is 0 Å². The zero-order valence-corrected chi connectivity index (χ0v) is 16.5. The van der Waals surface area contributed by atoms with Crippen LogP contribution in [-0.4, -0.2) is 29.3 Å². The van der Waals surface area contributed by atoms with Crippen molar-refractivity contribution in [2.45, 2.75) is 25.4 Å². The van der Waals surface area contributed by atoms with Crippen molar-refractivity contribution in [3.8, 4) is 11.5 Å². The molecule has 5 rings (SSSR count). The molecule has 0 aliphatic carbocycles. The van der Waals surface area contributed by atoms with E-state index < -0.39 is 6.04 Å². The highest BCUT2D eigenvalue weighted by Gasteiger charge is 2.43. The molecule has 150 valence electrons. The van der Waals surface area contributed by atoms with Crippen molar-refractivity contribution in [2.24, 2.45) is 0 Å². The molecule has 2 heterocycles. The van der Waals surface area contributed by atoms with Crippen LogP contribution in [0.25, 0.3) is 0 Å². The maximum absolute atomic E-state index is 13.1. The van der Waals surface area contributed by atoms with E-state index in [9.17, 15) is 9.59 Å². The van der Waals surface area contributed by atoms with Crippen LogP contribution in [0.3, 0.4) is 0 Å². The highest BCUT2D eigenvalue weighted by molar-refractivity contribution is 6.22. The maximum Gasteiger partial charge on any atom is 0.251 e. The number of amides is 2. The molecule has 0 unspecified atom stereocenters. The summed E-state index contributed by atoms with van der Waals surface area (Å²) in [5.74, 6) is 1.11. The van der Waals surface area contributed by atoms with Crippen LogP contribution in [-0.2, 0) is 22.6 Å². The predicted molar refractivity (Wildman–Crippen MR) is 114 cm³/mol. The predicted octanol–water partition coefficient (Wildman–Crippen LogP) is 4.17. The molecule has 30 heavy (non-hydrogen) atoms. The Hall–Kier alpha value is -3.44. The lowest BCUT2D eigenvalue weighted by Crippen LogP contribution is -2.44. The summed E-state index contributed by atoms with van der Waals surface area (Å²) < 4.78 is 5.80. The van der Waals surface area contributed by atoms with Gasteiger partial charge in [0.05, 0.1) is 18.2 Å². The first-order chi connectivity index (χ1) is 14.7. The van der Waals surface area contributed by atoms with E-state index in [2.05, 4.69) is 17.0 Å². The molecule has 2 aliphatic heterocycles. The SMILES string of the molecule is O=C1C[C@H](N2CCc3ccccc3C2)C(=O)N1c1ccc(Oc2ccccc2)cc1. The van der Waals surface area contributed by atoms with E-state index in [-0.39, 0.29) is 18.2 Å². The summed E-state index contributed by atoms with van der Waals surface area (Å²) >= 11 is 0. The molecule has 5 heteroatoms. The average Bonchev–Trinajstić information content (AvgIpc) is 3.09. The highest BCUT2D eigenvalue weighted by atomic mass is 16.5. The minimum atomic E-state index is -0.397. The average molecular weight is 398 g/mol. The summed E-state index contributed by atoms with van der Waals surface area (Å²) in [5.41, 5.74) is 3.16. The Balaban J connectivity index is 1.31. The van der Waals surface area contributed by atoms with Gasteiger partial charge in [-0.15, -0.1) is 0 Å². The van der Waals surface area contributed by atoms with Crippen LogP contribution in [0.15, 0.2) is 78.9 Å². The van der Waals surface area contributed by atoms with E-state index in [0.717, 1.165) is 18.7 Å². The third-order valence-corrected chi connectivity index (χ3v) is 5.80. The summed E-state index contributed by atoms with van der Waals surface area (Å²) in [6.07, 6.45) is 1.13. The van der Waals surface area contributed by atoms with Gasteiger partial charge in [-0.25, -0.2) is 4.90 Å². The summed E-state index contributed by atoms with van der Waals surface area (Å²) in [5, 5.41) is 0. The summed E-state index contributed by atoms with van der Waals surface area (Å²) in [6, 6.07) is 24.5. The first-order valence-electron chi connectivity index (χ1n) is 10.2. The van der Waals surface area contributed by atoms with Gasteiger partial charge in [0, 0.05) is 13.1 Å². The van der Waals surface area contributed by atoms with Crippen LogP contribution in [0.5, 0.6) is 11.5 Å². The molecule has 3 aromatic carbocycles. The molecule has 3 aromatic rings. The minimum absolute atomic E-state index is 0.142. The van der Waals surface area contributed by atoms with E-state index in [0.29, 0.717) is 18.0 Å². The number of rotatable bonds is 4. The van der Waals surface area contributed by atoms with E-state index in [4.69, 9.17) is 4.74 Å². The molecule has 0 aromatic heterocycles. The number of imide groups is 1. The summed E-state index contributed by atoms with van der Waals surface area (Å²) in [7, 11) is 0. The van der Waals surface area contributed by atoms with Gasteiger partial charge in [-0.3, -0.25) is 14.5 Å². The number of carbonyl (C=O) groups excluding carboxylic acids is 2. The first kappa shape index (κ1) is 18.6. The second-order valence-electron chi connectivity index (χ2n) is 7.69. The molecule has 5 nitrogen and oxygen atoms in total. The molecule has 0 bridgehead atoms. The van der Waals surface area contributed by atoms with E-state index in [1.165, 1.54) is 16.0 Å². The lowest BCUT2D eigenvalue weighted by molar-refractivity contribution is -0.123. The Morgan fingerprint density at radius 2 is 1.43 bits per heavy atom. The fourth-order valence-corrected chi connectivity index (χ4v) is 4.24. The number of hydrogen-bond donors (Lipinski definition) is 0. The van der Waals surface area contributed by atoms with Crippen molar-refractivity contribution in [3.05, 3.63) is 90.0 Å². The maximum atomic E-state index is 13.1. The van der Waals surface area contributed by atoms with Gasteiger partial charge < -0.3 is 4.74 Å². The highest BCUT2D eigenvalue weighted by Crippen LogP contribution is 2.31. The number of benzene rings is 3. The van der Waals surface area contributed by atoms with Crippen LogP contribution < -0.4 is 9.64 Å². The van der Waals surface area contributed by atoms with Gasteiger partial charge in [-0.1, -0.05) is 42.5 Å². The van der Waals surface area contributed by atoms with E-state index in [1.54, 1.807) is 24.3 Å². The van der Waals surface area contributed by atoms with E-state index >= 15 is 0 Å². The number of nitrogens with zero attached hydrogens (tertiary/aromatic N) is 2. The van der Waals surface area contributed by atoms with Gasteiger partial charge in [0.15, 0.2) is 0 Å². The molecule has 0 radical (unpaired) electrons. The van der Waals surface area contributed by atoms with Gasteiger partial charge in [-0.2, -0.15) is 0 Å². The number of ether oxygens (including phenoxy) is 1. The quantitative estimate of drug-likeness (QED) is 0.619. The Morgan fingerprint density at radius 1 is 0.767 bits per heavy atom. The van der Waals surface area contributed by atoms with Crippen molar-refractivity contribution in [1.82, 2.24) is 4.90 Å². The molecule has 1 saturated heterocycles. The van der Waals surface area contributed by atoms with Gasteiger partial charge in [0.25, 0.3) is 5.91 Å². The normalized spacial score (nSPS) is 19.1. The van der Waals surface area contributed by atoms with Crippen LogP contribution in [0.4, 0.5) is 5.69 Å². The lowest BCUT2D eigenvalue weighted by Gasteiger charge is -2.32. The largest absolute Gasteiger partial charge is 0.457 e. The van der Waals surface area contributed by atoms with Crippen molar-refractivity contribution >= 4 is 17.5 Å². The van der Waals surface area contributed by atoms with Crippen molar-refractivity contribution < 1.29 is 14.3 Å². The third-order valence-electron chi connectivity index (χ3n) is 5.80. The molecule has 0 spiro atoms. The number of fused-ring (bicyclic) bond motifs is 1. The zero-order chi connectivity index (χ0) is 20.5. The van der Waals surface area contributed by atoms with Crippen molar-refractivity contribution in [1.29, 1.82) is 0 Å². The molecular formula is C25H22N2O3. The monoisotopic (exact) mass is 398 g/mol. The van der Waals surface area contributed by atoms with Crippen LogP contribution >= 0.6 is 0 Å². The van der Waals surface area contributed by atoms with Gasteiger partial charge >= 0.3 is 0 Å². The molecule has 1 atom stereocenters. The fraction of sp³-hybridized carbons (Fsp3) is 0.200. The lowest BCUT2D eigenvalue weighted by atomic mass is 9.98. The van der Waals surface area contributed by atoms with Gasteiger partial charge in [-0.05, 0) is 53.9 Å². The molecule has 0 saturated carbocycles. The Bertz CT molecular complexity index is 1080. The number of hydrogen-bond acceptors (Lipinski definition) is 4. The Kier molecular flexibility index (Phi) is 4.81. The fourth-order valence-electron chi connectivity index (χ4n) is 4.24.